The zero-order valence-corrected chi connectivity index (χ0v) is 11.3. The Kier molecular flexibility index (Phi) is 3.82. The number of rotatable bonds is 4. The Morgan fingerprint density at radius 3 is 2.61 bits per heavy atom. The molecule has 2 unspecified atom stereocenters. The molecule has 2 rings (SSSR count). The highest BCUT2D eigenvalue weighted by molar-refractivity contribution is 5.27. The molecule has 2 N–H and O–H groups in total. The third kappa shape index (κ3) is 2.62. The molecule has 0 amide bonds. The molecule has 2 aromatic rings. The molecule has 0 bridgehead atoms. The van der Waals surface area contributed by atoms with Crippen LogP contribution in [0.15, 0.2) is 36.7 Å². The summed E-state index contributed by atoms with van der Waals surface area (Å²) in [6.07, 6.45) is 4.87. The van der Waals surface area contributed by atoms with E-state index in [2.05, 4.69) is 49.4 Å². The topological polar surface area (TPSA) is 43.8 Å². The summed E-state index contributed by atoms with van der Waals surface area (Å²) in [6.45, 7) is 6.27. The second-order valence-electron chi connectivity index (χ2n) is 4.93. The first-order valence-electron chi connectivity index (χ1n) is 6.44. The van der Waals surface area contributed by atoms with Crippen LogP contribution in [0.3, 0.4) is 0 Å². The molecule has 1 aromatic carbocycles. The van der Waals surface area contributed by atoms with Gasteiger partial charge in [0.25, 0.3) is 0 Å². The number of aromatic nitrogens is 2. The fourth-order valence-corrected chi connectivity index (χ4v) is 2.26. The van der Waals surface area contributed by atoms with Gasteiger partial charge in [-0.3, -0.25) is 4.68 Å². The fourth-order valence-electron chi connectivity index (χ4n) is 2.26. The largest absolute Gasteiger partial charge is 0.326 e. The van der Waals surface area contributed by atoms with Gasteiger partial charge in [-0.05, 0) is 31.4 Å². The molecular formula is C15H21N3. The van der Waals surface area contributed by atoms with Crippen LogP contribution in [0.25, 0.3) is 0 Å². The van der Waals surface area contributed by atoms with Crippen LogP contribution in [0.4, 0.5) is 0 Å². The van der Waals surface area contributed by atoms with Gasteiger partial charge in [-0.15, -0.1) is 0 Å². The molecule has 0 saturated carbocycles. The van der Waals surface area contributed by atoms with E-state index in [0.29, 0.717) is 0 Å². The van der Waals surface area contributed by atoms with Crippen molar-refractivity contribution in [2.24, 2.45) is 5.73 Å². The van der Waals surface area contributed by atoms with Crippen molar-refractivity contribution in [3.63, 3.8) is 0 Å². The summed E-state index contributed by atoms with van der Waals surface area (Å²) in [7, 11) is 0. The third-order valence-corrected chi connectivity index (χ3v) is 3.28. The van der Waals surface area contributed by atoms with Crippen LogP contribution < -0.4 is 5.73 Å². The average molecular weight is 243 g/mol. The highest BCUT2D eigenvalue weighted by Gasteiger charge is 2.21. The van der Waals surface area contributed by atoms with Gasteiger partial charge in [0, 0.05) is 12.2 Å². The van der Waals surface area contributed by atoms with Crippen LogP contribution in [0.5, 0.6) is 0 Å². The average Bonchev–Trinajstić information content (AvgIpc) is 2.76. The summed E-state index contributed by atoms with van der Waals surface area (Å²) in [5.74, 6) is 0. The van der Waals surface area contributed by atoms with E-state index in [-0.39, 0.29) is 12.1 Å². The van der Waals surface area contributed by atoms with Gasteiger partial charge in [-0.1, -0.05) is 36.8 Å². The standard InChI is InChI=1S/C15H21N3/c1-4-14(16)15(18-10-12(3)9-17-18)13-7-5-6-11(2)8-13/h5-10,14-15H,4,16H2,1-3H3. The summed E-state index contributed by atoms with van der Waals surface area (Å²) >= 11 is 0. The highest BCUT2D eigenvalue weighted by Crippen LogP contribution is 2.23. The second-order valence-corrected chi connectivity index (χ2v) is 4.93. The Labute approximate surface area is 109 Å². The predicted molar refractivity (Wildman–Crippen MR) is 74.5 cm³/mol. The van der Waals surface area contributed by atoms with Crippen LogP contribution in [0.1, 0.15) is 36.1 Å². The minimum absolute atomic E-state index is 0.0751. The first kappa shape index (κ1) is 12.8. The van der Waals surface area contributed by atoms with E-state index in [0.717, 1.165) is 12.0 Å². The first-order valence-corrected chi connectivity index (χ1v) is 6.44. The molecule has 2 atom stereocenters. The van der Waals surface area contributed by atoms with Crippen molar-refractivity contribution in [2.45, 2.75) is 39.3 Å². The van der Waals surface area contributed by atoms with Gasteiger partial charge >= 0.3 is 0 Å². The van der Waals surface area contributed by atoms with E-state index in [4.69, 9.17) is 5.73 Å². The highest BCUT2D eigenvalue weighted by atomic mass is 15.3. The number of nitrogens with two attached hydrogens (primary N) is 1. The number of aryl methyl sites for hydroxylation is 2. The Balaban J connectivity index is 2.43. The van der Waals surface area contributed by atoms with Gasteiger partial charge in [0.15, 0.2) is 0 Å². The lowest BCUT2D eigenvalue weighted by atomic mass is 9.97. The van der Waals surface area contributed by atoms with Gasteiger partial charge in [0.05, 0.1) is 12.2 Å². The summed E-state index contributed by atoms with van der Waals surface area (Å²) in [6, 6.07) is 8.69. The second kappa shape index (κ2) is 5.36. The maximum absolute atomic E-state index is 6.28. The molecule has 0 saturated heterocycles. The summed E-state index contributed by atoms with van der Waals surface area (Å²) in [5.41, 5.74) is 9.93. The molecule has 1 heterocycles. The summed E-state index contributed by atoms with van der Waals surface area (Å²) in [5, 5.41) is 4.43. The monoisotopic (exact) mass is 243 g/mol. The Morgan fingerprint density at radius 2 is 2.06 bits per heavy atom. The number of nitrogens with zero attached hydrogens (tertiary/aromatic N) is 2. The molecule has 0 aliphatic rings. The van der Waals surface area contributed by atoms with Gasteiger partial charge in [0.1, 0.15) is 0 Å². The molecule has 0 spiro atoms. The van der Waals surface area contributed by atoms with E-state index in [9.17, 15) is 0 Å². The van der Waals surface area contributed by atoms with E-state index in [1.807, 2.05) is 17.8 Å². The van der Waals surface area contributed by atoms with Gasteiger partial charge in [0.2, 0.25) is 0 Å². The third-order valence-electron chi connectivity index (χ3n) is 3.28. The van der Waals surface area contributed by atoms with Crippen molar-refractivity contribution in [1.29, 1.82) is 0 Å². The summed E-state index contributed by atoms with van der Waals surface area (Å²) in [4.78, 5) is 0. The lowest BCUT2D eigenvalue weighted by molar-refractivity contribution is 0.424. The maximum Gasteiger partial charge on any atom is 0.0919 e. The lowest BCUT2D eigenvalue weighted by Crippen LogP contribution is -2.32. The zero-order valence-electron chi connectivity index (χ0n) is 11.3. The van der Waals surface area contributed by atoms with Gasteiger partial charge in [-0.25, -0.2) is 0 Å². The molecule has 0 aliphatic carbocycles. The number of hydrogen-bond acceptors (Lipinski definition) is 2. The molecular weight excluding hydrogens is 222 g/mol. The number of benzene rings is 1. The molecule has 1 aromatic heterocycles. The van der Waals surface area contributed by atoms with Crippen molar-refractivity contribution >= 4 is 0 Å². The van der Waals surface area contributed by atoms with E-state index in [1.54, 1.807) is 0 Å². The smallest absolute Gasteiger partial charge is 0.0919 e. The zero-order chi connectivity index (χ0) is 13.1. The van der Waals surface area contributed by atoms with Crippen molar-refractivity contribution in [1.82, 2.24) is 9.78 Å². The van der Waals surface area contributed by atoms with Crippen molar-refractivity contribution in [3.8, 4) is 0 Å². The summed E-state index contributed by atoms with van der Waals surface area (Å²) < 4.78 is 1.98. The Bertz CT molecular complexity index is 516. The molecule has 0 aliphatic heterocycles. The van der Waals surface area contributed by atoms with Crippen LogP contribution in [-0.2, 0) is 0 Å². The van der Waals surface area contributed by atoms with E-state index in [1.165, 1.54) is 11.1 Å². The van der Waals surface area contributed by atoms with Gasteiger partial charge in [-0.2, -0.15) is 5.10 Å². The molecule has 3 nitrogen and oxygen atoms in total. The maximum atomic E-state index is 6.28. The molecule has 0 fully saturated rings. The SMILES string of the molecule is CCC(N)C(c1cccc(C)c1)n1cc(C)cn1. The van der Waals surface area contributed by atoms with Crippen LogP contribution in [-0.4, -0.2) is 15.8 Å². The normalized spacial score (nSPS) is 14.4. The Hall–Kier alpha value is -1.61. The van der Waals surface area contributed by atoms with E-state index >= 15 is 0 Å². The minimum atomic E-state index is 0.0751. The van der Waals surface area contributed by atoms with Crippen LogP contribution in [0.2, 0.25) is 0 Å². The van der Waals surface area contributed by atoms with Crippen molar-refractivity contribution in [2.75, 3.05) is 0 Å². The number of hydrogen-bond donors (Lipinski definition) is 1. The fraction of sp³-hybridized carbons (Fsp3) is 0.400. The minimum Gasteiger partial charge on any atom is -0.326 e. The van der Waals surface area contributed by atoms with E-state index < -0.39 is 0 Å². The molecule has 3 heteroatoms. The predicted octanol–water partition coefficient (Wildman–Crippen LogP) is 2.83. The lowest BCUT2D eigenvalue weighted by Gasteiger charge is -2.24. The van der Waals surface area contributed by atoms with Gasteiger partial charge < -0.3 is 5.73 Å². The molecule has 0 radical (unpaired) electrons. The van der Waals surface area contributed by atoms with Crippen LogP contribution >= 0.6 is 0 Å². The molecule has 18 heavy (non-hydrogen) atoms. The van der Waals surface area contributed by atoms with Crippen LogP contribution in [0, 0.1) is 13.8 Å². The first-order chi connectivity index (χ1) is 8.61. The van der Waals surface area contributed by atoms with Crippen molar-refractivity contribution in [3.05, 3.63) is 53.3 Å². The quantitative estimate of drug-likeness (QED) is 0.897. The van der Waals surface area contributed by atoms with Crippen molar-refractivity contribution < 1.29 is 0 Å². The molecule has 96 valence electrons. The Morgan fingerprint density at radius 1 is 1.28 bits per heavy atom.